The van der Waals surface area contributed by atoms with Crippen molar-refractivity contribution in [3.63, 3.8) is 0 Å². The summed E-state index contributed by atoms with van der Waals surface area (Å²) in [5.41, 5.74) is 5.98. The van der Waals surface area contributed by atoms with Gasteiger partial charge in [-0.3, -0.25) is 4.79 Å². The molecule has 0 spiro atoms. The molecule has 2 atom stereocenters. The molecule has 1 aliphatic rings. The lowest BCUT2D eigenvalue weighted by Gasteiger charge is -2.43. The highest BCUT2D eigenvalue weighted by Crippen LogP contribution is 2.40. The smallest absolute Gasteiger partial charge is 0.411 e. The third kappa shape index (κ3) is 4.35. The average molecular weight is 449 g/mol. The molecule has 1 aliphatic heterocycles. The maximum atomic E-state index is 13.4. The fourth-order valence-electron chi connectivity index (χ4n) is 3.54. The molecule has 2 aromatic rings. The van der Waals surface area contributed by atoms with Crippen molar-refractivity contribution < 1.29 is 18.7 Å². The predicted molar refractivity (Wildman–Crippen MR) is 107 cm³/mol. The molecular weight excluding hydrogens is 427 g/mol. The quantitative estimate of drug-likeness (QED) is 0.698. The van der Waals surface area contributed by atoms with Gasteiger partial charge in [0.15, 0.2) is 0 Å². The van der Waals surface area contributed by atoms with Crippen molar-refractivity contribution >= 4 is 27.9 Å². The molecule has 2 aromatic carbocycles. The summed E-state index contributed by atoms with van der Waals surface area (Å²) >= 11 is 3.41. The number of carbonyl (C=O) groups is 2. The molecule has 0 bridgehead atoms. The van der Waals surface area contributed by atoms with E-state index in [9.17, 15) is 14.0 Å². The van der Waals surface area contributed by atoms with Crippen LogP contribution in [-0.2, 0) is 15.1 Å². The van der Waals surface area contributed by atoms with Crippen LogP contribution in [0.2, 0.25) is 0 Å². The molecule has 1 heterocycles. The summed E-state index contributed by atoms with van der Waals surface area (Å²) in [4.78, 5) is 25.9. The fraction of sp³-hybridized carbons (Fsp3) is 0.333. The van der Waals surface area contributed by atoms with Gasteiger partial charge >= 0.3 is 6.09 Å². The number of halogens is 2. The van der Waals surface area contributed by atoms with E-state index in [1.54, 1.807) is 17.0 Å². The number of cyclic esters (lactones) is 1. The molecule has 0 radical (unpaired) electrons. The van der Waals surface area contributed by atoms with Crippen molar-refractivity contribution in [3.8, 4) is 0 Å². The Morgan fingerprint density at radius 3 is 2.46 bits per heavy atom. The van der Waals surface area contributed by atoms with Gasteiger partial charge in [-0.1, -0.05) is 40.2 Å². The molecule has 7 heteroatoms. The number of rotatable bonds is 6. The highest BCUT2D eigenvalue weighted by Gasteiger charge is 2.43. The molecule has 0 saturated carbocycles. The molecule has 1 unspecified atom stereocenters. The number of nitrogens with two attached hydrogens (primary N) is 1. The maximum absolute atomic E-state index is 13.4. The maximum Gasteiger partial charge on any atom is 0.411 e. The van der Waals surface area contributed by atoms with Crippen LogP contribution < -0.4 is 5.73 Å². The lowest BCUT2D eigenvalue weighted by molar-refractivity contribution is -0.121. The van der Waals surface area contributed by atoms with Crippen LogP contribution >= 0.6 is 15.9 Å². The summed E-state index contributed by atoms with van der Waals surface area (Å²) < 4.78 is 20.2. The van der Waals surface area contributed by atoms with E-state index in [1.807, 2.05) is 31.2 Å². The third-order valence-corrected chi connectivity index (χ3v) is 5.77. The zero-order valence-corrected chi connectivity index (χ0v) is 17.1. The zero-order valence-electron chi connectivity index (χ0n) is 15.5. The number of ether oxygens (including phenoxy) is 1. The van der Waals surface area contributed by atoms with Gasteiger partial charge in [0.1, 0.15) is 11.4 Å². The van der Waals surface area contributed by atoms with Gasteiger partial charge in [0.05, 0.1) is 6.04 Å². The van der Waals surface area contributed by atoms with Crippen LogP contribution in [0, 0.1) is 5.82 Å². The van der Waals surface area contributed by atoms with Crippen LogP contribution in [-0.4, -0.2) is 23.4 Å². The zero-order chi connectivity index (χ0) is 20.3. The number of amides is 2. The first-order valence-electron chi connectivity index (χ1n) is 9.10. The van der Waals surface area contributed by atoms with Crippen LogP contribution in [0.4, 0.5) is 9.18 Å². The summed E-state index contributed by atoms with van der Waals surface area (Å²) in [6.07, 6.45) is 0.363. The van der Waals surface area contributed by atoms with E-state index in [-0.39, 0.29) is 24.7 Å². The lowest BCUT2D eigenvalue weighted by atomic mass is 9.84. The minimum absolute atomic E-state index is 0.0763. The van der Waals surface area contributed by atoms with Gasteiger partial charge in [0.25, 0.3) is 0 Å². The second-order valence-corrected chi connectivity index (χ2v) is 7.92. The molecule has 28 heavy (non-hydrogen) atoms. The van der Waals surface area contributed by atoms with Crippen molar-refractivity contribution in [2.75, 3.05) is 6.54 Å². The number of carbonyl (C=O) groups excluding carboxylic acids is 2. The van der Waals surface area contributed by atoms with Crippen molar-refractivity contribution in [2.45, 2.75) is 37.8 Å². The van der Waals surface area contributed by atoms with E-state index >= 15 is 0 Å². The predicted octanol–water partition coefficient (Wildman–Crippen LogP) is 4.65. The molecule has 1 fully saturated rings. The Balaban J connectivity index is 1.83. The Morgan fingerprint density at radius 2 is 1.89 bits per heavy atom. The highest BCUT2D eigenvalue weighted by atomic mass is 79.9. The van der Waals surface area contributed by atoms with Crippen LogP contribution in [0.25, 0.3) is 0 Å². The number of benzene rings is 2. The molecule has 148 valence electrons. The van der Waals surface area contributed by atoms with Gasteiger partial charge in [-0.2, -0.15) is 0 Å². The van der Waals surface area contributed by atoms with Crippen LogP contribution in [0.1, 0.15) is 43.4 Å². The van der Waals surface area contributed by atoms with E-state index < -0.39 is 17.6 Å². The van der Waals surface area contributed by atoms with Crippen molar-refractivity contribution in [1.82, 2.24) is 4.90 Å². The molecule has 0 aromatic heterocycles. The van der Waals surface area contributed by atoms with Gasteiger partial charge in [0.2, 0.25) is 5.91 Å². The Bertz CT molecular complexity index is 857. The SMILES string of the molecule is C[C@@H](c1ccc(Br)cc1)N1CCC(CCC(N)=O)(c2ccc(F)cc2)OC1=O. The second-order valence-electron chi connectivity index (χ2n) is 7.01. The Hall–Kier alpha value is -2.41. The Labute approximate surface area is 171 Å². The normalized spacial score (nSPS) is 20.5. The summed E-state index contributed by atoms with van der Waals surface area (Å²) in [7, 11) is 0. The van der Waals surface area contributed by atoms with Crippen LogP contribution in [0.15, 0.2) is 53.0 Å². The topological polar surface area (TPSA) is 72.6 Å². The van der Waals surface area contributed by atoms with E-state index in [0.29, 0.717) is 18.5 Å². The summed E-state index contributed by atoms with van der Waals surface area (Å²) in [6.45, 7) is 2.39. The fourth-order valence-corrected chi connectivity index (χ4v) is 3.81. The molecule has 2 N–H and O–H groups in total. The van der Waals surface area contributed by atoms with E-state index in [1.165, 1.54) is 12.1 Å². The minimum atomic E-state index is -0.990. The first kappa shape index (κ1) is 20.3. The minimum Gasteiger partial charge on any atom is -0.438 e. The molecule has 1 saturated heterocycles. The summed E-state index contributed by atoms with van der Waals surface area (Å²) in [6, 6.07) is 13.4. The largest absolute Gasteiger partial charge is 0.438 e. The Morgan fingerprint density at radius 1 is 1.25 bits per heavy atom. The molecule has 3 rings (SSSR count). The Kier molecular flexibility index (Phi) is 6.03. The summed E-state index contributed by atoms with van der Waals surface area (Å²) in [5.74, 6) is -0.843. The van der Waals surface area contributed by atoms with Crippen molar-refractivity contribution in [2.24, 2.45) is 5.73 Å². The average Bonchev–Trinajstić information content (AvgIpc) is 2.67. The van der Waals surface area contributed by atoms with Gasteiger partial charge < -0.3 is 15.4 Å². The number of hydrogen-bond acceptors (Lipinski definition) is 3. The monoisotopic (exact) mass is 448 g/mol. The van der Waals surface area contributed by atoms with Crippen LogP contribution in [0.5, 0.6) is 0 Å². The van der Waals surface area contributed by atoms with Crippen LogP contribution in [0.3, 0.4) is 0 Å². The molecular formula is C21H22BrFN2O3. The van der Waals surface area contributed by atoms with Gasteiger partial charge in [-0.25, -0.2) is 9.18 Å². The molecule has 2 amide bonds. The first-order valence-corrected chi connectivity index (χ1v) is 9.89. The van der Waals surface area contributed by atoms with Crippen molar-refractivity contribution in [3.05, 3.63) is 69.9 Å². The summed E-state index contributed by atoms with van der Waals surface area (Å²) in [5, 5.41) is 0. The van der Waals surface area contributed by atoms with Gasteiger partial charge in [-0.05, 0) is 42.3 Å². The third-order valence-electron chi connectivity index (χ3n) is 5.24. The van der Waals surface area contributed by atoms with Crippen molar-refractivity contribution in [1.29, 1.82) is 0 Å². The number of hydrogen-bond donors (Lipinski definition) is 1. The van der Waals surface area contributed by atoms with E-state index in [0.717, 1.165) is 10.0 Å². The van der Waals surface area contributed by atoms with E-state index in [4.69, 9.17) is 10.5 Å². The van der Waals surface area contributed by atoms with Gasteiger partial charge in [0, 0.05) is 30.3 Å². The molecule has 0 aliphatic carbocycles. The number of nitrogens with zero attached hydrogens (tertiary/aromatic N) is 1. The standard InChI is InChI=1S/C21H22BrFN2O3/c1-14(15-2-6-17(22)7-3-15)25-13-12-21(28-20(25)27,11-10-19(24)26)16-4-8-18(23)9-5-16/h2-9,14H,10-13H2,1H3,(H2,24,26)/t14-,21?/m0/s1. The van der Waals surface area contributed by atoms with E-state index in [2.05, 4.69) is 15.9 Å². The second kappa shape index (κ2) is 8.31. The van der Waals surface area contributed by atoms with Gasteiger partial charge in [-0.15, -0.1) is 0 Å². The highest BCUT2D eigenvalue weighted by molar-refractivity contribution is 9.10. The first-order chi connectivity index (χ1) is 13.3. The lowest BCUT2D eigenvalue weighted by Crippen LogP contribution is -2.49. The number of primary amides is 1. The molecule has 5 nitrogen and oxygen atoms in total.